The standard InChI is InChI=1S/C17H21N3O3/c1-22-15-7-4-5-13(9-15)17(21)19-14-10-18-20(11-14)12-16-6-2-3-8-23-16/h4-5,7,9-11,16H,2-3,6,8,12H2,1H3,(H,19,21). The molecule has 0 saturated carbocycles. The topological polar surface area (TPSA) is 65.4 Å². The number of carbonyl (C=O) groups excluding carboxylic acids is 1. The number of carbonyl (C=O) groups is 1. The van der Waals surface area contributed by atoms with E-state index in [0.717, 1.165) is 26.0 Å². The van der Waals surface area contributed by atoms with Gasteiger partial charge in [-0.15, -0.1) is 0 Å². The highest BCUT2D eigenvalue weighted by Crippen LogP contribution is 2.17. The fraction of sp³-hybridized carbons (Fsp3) is 0.412. The molecule has 0 bridgehead atoms. The van der Waals surface area contributed by atoms with Gasteiger partial charge in [-0.3, -0.25) is 9.48 Å². The smallest absolute Gasteiger partial charge is 0.255 e. The van der Waals surface area contributed by atoms with Crippen LogP contribution in [0.3, 0.4) is 0 Å². The molecule has 2 aromatic rings. The lowest BCUT2D eigenvalue weighted by Gasteiger charge is -2.22. The molecule has 1 aliphatic rings. The van der Waals surface area contributed by atoms with E-state index in [-0.39, 0.29) is 12.0 Å². The molecule has 1 amide bonds. The van der Waals surface area contributed by atoms with E-state index in [1.54, 1.807) is 37.6 Å². The first-order chi connectivity index (χ1) is 11.2. The van der Waals surface area contributed by atoms with Gasteiger partial charge in [-0.25, -0.2) is 0 Å². The summed E-state index contributed by atoms with van der Waals surface area (Å²) in [4.78, 5) is 12.3. The van der Waals surface area contributed by atoms with Gasteiger partial charge in [-0.05, 0) is 37.5 Å². The van der Waals surface area contributed by atoms with E-state index < -0.39 is 0 Å². The predicted octanol–water partition coefficient (Wildman–Crippen LogP) is 2.71. The van der Waals surface area contributed by atoms with Gasteiger partial charge in [0.05, 0.1) is 31.6 Å². The molecule has 122 valence electrons. The van der Waals surface area contributed by atoms with Gasteiger partial charge in [-0.1, -0.05) is 6.07 Å². The molecule has 0 aliphatic carbocycles. The van der Waals surface area contributed by atoms with Gasteiger partial charge in [0.1, 0.15) is 5.75 Å². The quantitative estimate of drug-likeness (QED) is 0.921. The monoisotopic (exact) mass is 315 g/mol. The Labute approximate surface area is 135 Å². The minimum absolute atomic E-state index is 0.183. The maximum absolute atomic E-state index is 12.3. The number of nitrogens with zero attached hydrogens (tertiary/aromatic N) is 2. The molecular weight excluding hydrogens is 294 g/mol. The Morgan fingerprint density at radius 3 is 3.17 bits per heavy atom. The van der Waals surface area contributed by atoms with Crippen molar-refractivity contribution in [3.63, 3.8) is 0 Å². The van der Waals surface area contributed by atoms with Crippen LogP contribution in [-0.4, -0.2) is 35.5 Å². The molecule has 2 heterocycles. The van der Waals surface area contributed by atoms with Crippen LogP contribution in [0.1, 0.15) is 29.6 Å². The first-order valence-electron chi connectivity index (χ1n) is 7.84. The second kappa shape index (κ2) is 7.28. The van der Waals surface area contributed by atoms with Crippen LogP contribution >= 0.6 is 0 Å². The Balaban J connectivity index is 1.60. The third-order valence-electron chi connectivity index (χ3n) is 3.89. The SMILES string of the molecule is COc1cccc(C(=O)Nc2cnn(CC3CCCCO3)c2)c1. The van der Waals surface area contributed by atoms with Crippen LogP contribution < -0.4 is 10.1 Å². The summed E-state index contributed by atoms with van der Waals surface area (Å²) < 4.78 is 12.7. The third-order valence-corrected chi connectivity index (χ3v) is 3.89. The van der Waals surface area contributed by atoms with Crippen molar-refractivity contribution in [3.05, 3.63) is 42.2 Å². The molecule has 1 fully saturated rings. The maximum atomic E-state index is 12.3. The number of rotatable bonds is 5. The molecule has 6 nitrogen and oxygen atoms in total. The number of anilines is 1. The molecule has 23 heavy (non-hydrogen) atoms. The molecule has 1 aromatic heterocycles. The van der Waals surface area contributed by atoms with Crippen LogP contribution in [-0.2, 0) is 11.3 Å². The van der Waals surface area contributed by atoms with E-state index >= 15 is 0 Å². The summed E-state index contributed by atoms with van der Waals surface area (Å²) in [6.07, 6.45) is 7.09. The van der Waals surface area contributed by atoms with E-state index in [4.69, 9.17) is 9.47 Å². The van der Waals surface area contributed by atoms with Crippen molar-refractivity contribution in [1.29, 1.82) is 0 Å². The average molecular weight is 315 g/mol. The maximum Gasteiger partial charge on any atom is 0.255 e. The highest BCUT2D eigenvalue weighted by atomic mass is 16.5. The number of hydrogen-bond acceptors (Lipinski definition) is 4. The number of ether oxygens (including phenoxy) is 2. The van der Waals surface area contributed by atoms with E-state index in [2.05, 4.69) is 10.4 Å². The van der Waals surface area contributed by atoms with Crippen molar-refractivity contribution in [3.8, 4) is 5.75 Å². The normalized spacial score (nSPS) is 17.7. The minimum atomic E-state index is -0.183. The second-order valence-corrected chi connectivity index (χ2v) is 5.63. The summed E-state index contributed by atoms with van der Waals surface area (Å²) in [5.74, 6) is 0.472. The van der Waals surface area contributed by atoms with E-state index in [1.807, 2.05) is 10.9 Å². The highest BCUT2D eigenvalue weighted by Gasteiger charge is 2.15. The Morgan fingerprint density at radius 2 is 2.39 bits per heavy atom. The molecule has 1 atom stereocenters. The predicted molar refractivity (Wildman–Crippen MR) is 86.8 cm³/mol. The van der Waals surface area contributed by atoms with Crippen molar-refractivity contribution in [2.45, 2.75) is 31.9 Å². The van der Waals surface area contributed by atoms with Crippen LogP contribution in [0.5, 0.6) is 5.75 Å². The zero-order chi connectivity index (χ0) is 16.1. The number of amides is 1. The van der Waals surface area contributed by atoms with Gasteiger partial charge in [0.15, 0.2) is 0 Å². The molecule has 3 rings (SSSR count). The molecule has 1 aromatic carbocycles. The molecule has 0 spiro atoms. The summed E-state index contributed by atoms with van der Waals surface area (Å²) in [7, 11) is 1.58. The van der Waals surface area contributed by atoms with Crippen molar-refractivity contribution in [2.24, 2.45) is 0 Å². The molecule has 1 unspecified atom stereocenters. The lowest BCUT2D eigenvalue weighted by molar-refractivity contribution is 0.00401. The third kappa shape index (κ3) is 4.10. The molecule has 1 N–H and O–H groups in total. The Morgan fingerprint density at radius 1 is 1.48 bits per heavy atom. The average Bonchev–Trinajstić information content (AvgIpc) is 3.02. The molecule has 0 radical (unpaired) electrons. The van der Waals surface area contributed by atoms with Crippen LogP contribution in [0.25, 0.3) is 0 Å². The van der Waals surface area contributed by atoms with Crippen molar-refractivity contribution in [1.82, 2.24) is 9.78 Å². The summed E-state index contributed by atoms with van der Waals surface area (Å²) in [5.41, 5.74) is 1.22. The van der Waals surface area contributed by atoms with Crippen LogP contribution in [0, 0.1) is 0 Å². The van der Waals surface area contributed by atoms with Crippen molar-refractivity contribution in [2.75, 3.05) is 19.0 Å². The zero-order valence-corrected chi connectivity index (χ0v) is 13.2. The van der Waals surface area contributed by atoms with Gasteiger partial charge >= 0.3 is 0 Å². The van der Waals surface area contributed by atoms with Crippen molar-refractivity contribution >= 4 is 11.6 Å². The minimum Gasteiger partial charge on any atom is -0.497 e. The van der Waals surface area contributed by atoms with Crippen LogP contribution in [0.4, 0.5) is 5.69 Å². The second-order valence-electron chi connectivity index (χ2n) is 5.63. The fourth-order valence-corrected chi connectivity index (χ4v) is 2.66. The Hall–Kier alpha value is -2.34. The lowest BCUT2D eigenvalue weighted by Crippen LogP contribution is -2.24. The number of benzene rings is 1. The van der Waals surface area contributed by atoms with Crippen LogP contribution in [0.2, 0.25) is 0 Å². The molecule has 1 aliphatic heterocycles. The number of nitrogens with one attached hydrogen (secondary N) is 1. The highest BCUT2D eigenvalue weighted by molar-refractivity contribution is 6.04. The van der Waals surface area contributed by atoms with E-state index in [1.165, 1.54) is 6.42 Å². The molecule has 6 heteroatoms. The zero-order valence-electron chi connectivity index (χ0n) is 13.2. The van der Waals surface area contributed by atoms with E-state index in [9.17, 15) is 4.79 Å². The summed E-state index contributed by atoms with van der Waals surface area (Å²) in [6, 6.07) is 7.05. The molecular formula is C17H21N3O3. The van der Waals surface area contributed by atoms with E-state index in [0.29, 0.717) is 17.0 Å². The van der Waals surface area contributed by atoms with Gasteiger partial charge in [0.2, 0.25) is 0 Å². The Bertz CT molecular complexity index is 663. The fourth-order valence-electron chi connectivity index (χ4n) is 2.66. The number of methoxy groups -OCH3 is 1. The summed E-state index contributed by atoms with van der Waals surface area (Å²) in [5, 5.41) is 7.14. The first-order valence-corrected chi connectivity index (χ1v) is 7.84. The van der Waals surface area contributed by atoms with Gasteiger partial charge in [-0.2, -0.15) is 5.10 Å². The van der Waals surface area contributed by atoms with Gasteiger partial charge in [0.25, 0.3) is 5.91 Å². The number of aromatic nitrogens is 2. The summed E-state index contributed by atoms with van der Waals surface area (Å²) >= 11 is 0. The largest absolute Gasteiger partial charge is 0.497 e. The first kappa shape index (κ1) is 15.6. The van der Waals surface area contributed by atoms with Gasteiger partial charge < -0.3 is 14.8 Å². The Kier molecular flexibility index (Phi) is 4.92. The van der Waals surface area contributed by atoms with Gasteiger partial charge in [0, 0.05) is 18.4 Å². The molecule has 1 saturated heterocycles. The number of hydrogen-bond donors (Lipinski definition) is 1. The van der Waals surface area contributed by atoms with Crippen LogP contribution in [0.15, 0.2) is 36.7 Å². The lowest BCUT2D eigenvalue weighted by atomic mass is 10.1. The summed E-state index contributed by atoms with van der Waals surface area (Å²) in [6.45, 7) is 1.54. The van der Waals surface area contributed by atoms with Crippen molar-refractivity contribution < 1.29 is 14.3 Å².